The Morgan fingerprint density at radius 1 is 0.804 bits per heavy atom. The normalized spacial score (nSPS) is 22.3. The van der Waals surface area contributed by atoms with Crippen molar-refractivity contribution in [1.29, 1.82) is 0 Å². The molecule has 1 heterocycles. The smallest absolute Gasteiger partial charge is 0.419 e. The van der Waals surface area contributed by atoms with Crippen LogP contribution in [-0.4, -0.2) is 18.8 Å². The van der Waals surface area contributed by atoms with Crippen molar-refractivity contribution in [2.45, 2.75) is 89.3 Å². The van der Waals surface area contributed by atoms with E-state index in [0.717, 1.165) is 62.5 Å². The second-order valence-electron chi connectivity index (χ2n) is 12.6. The first-order chi connectivity index (χ1) is 22.0. The van der Waals surface area contributed by atoms with Crippen molar-refractivity contribution in [3.8, 4) is 16.9 Å². The number of alkyl halides is 2. The molecule has 3 aromatic carbocycles. The van der Waals surface area contributed by atoms with Gasteiger partial charge in [-0.15, -0.1) is 0 Å². The minimum Gasteiger partial charge on any atom is -0.429 e. The second-order valence-corrected chi connectivity index (χ2v) is 12.6. The van der Waals surface area contributed by atoms with Gasteiger partial charge in [-0.25, -0.2) is 22.0 Å². The average Bonchev–Trinajstić information content (AvgIpc) is 3.03. The summed E-state index contributed by atoms with van der Waals surface area (Å²) in [5.41, 5.74) is 0.136. The largest absolute Gasteiger partial charge is 0.429 e. The highest BCUT2D eigenvalue weighted by Gasteiger charge is 2.32. The number of hydrogen-bond donors (Lipinski definition) is 0. The summed E-state index contributed by atoms with van der Waals surface area (Å²) >= 11 is 0. The van der Waals surface area contributed by atoms with Crippen LogP contribution < -0.4 is 4.74 Å². The molecule has 3 aromatic rings. The van der Waals surface area contributed by atoms with Crippen LogP contribution in [0.2, 0.25) is 0 Å². The van der Waals surface area contributed by atoms with E-state index in [1.54, 1.807) is 6.07 Å². The van der Waals surface area contributed by atoms with Gasteiger partial charge in [0.2, 0.25) is 0 Å². The molecule has 248 valence electrons. The summed E-state index contributed by atoms with van der Waals surface area (Å²) in [5, 5.41) is 0. The van der Waals surface area contributed by atoms with E-state index in [9.17, 15) is 30.7 Å². The van der Waals surface area contributed by atoms with Gasteiger partial charge in [0, 0.05) is 29.9 Å². The highest BCUT2D eigenvalue weighted by molar-refractivity contribution is 5.65. The minimum atomic E-state index is -3.93. The number of rotatable bonds is 11. The van der Waals surface area contributed by atoms with Crippen molar-refractivity contribution in [2.75, 3.05) is 6.61 Å². The summed E-state index contributed by atoms with van der Waals surface area (Å²) < 4.78 is 110. The van der Waals surface area contributed by atoms with Crippen LogP contribution in [0.3, 0.4) is 0 Å². The van der Waals surface area contributed by atoms with Crippen LogP contribution in [0, 0.1) is 40.9 Å². The fourth-order valence-corrected chi connectivity index (χ4v) is 6.75. The first-order valence-corrected chi connectivity index (χ1v) is 16.1. The van der Waals surface area contributed by atoms with Crippen molar-refractivity contribution < 1.29 is 40.2 Å². The van der Waals surface area contributed by atoms with Crippen LogP contribution in [-0.2, 0) is 4.74 Å². The van der Waals surface area contributed by atoms with Crippen molar-refractivity contribution in [3.63, 3.8) is 0 Å². The lowest BCUT2D eigenvalue weighted by Crippen LogP contribution is -2.34. The molecule has 1 aliphatic heterocycles. The second kappa shape index (κ2) is 15.1. The number of unbranched alkanes of at least 4 members (excludes halogenated alkanes) is 2. The molecule has 1 saturated carbocycles. The first-order valence-electron chi connectivity index (χ1n) is 16.1. The zero-order chi connectivity index (χ0) is 32.8. The molecule has 1 saturated heterocycles. The molecule has 0 N–H and O–H groups in total. The number of benzene rings is 3. The van der Waals surface area contributed by atoms with E-state index in [1.165, 1.54) is 44.2 Å². The van der Waals surface area contributed by atoms with Crippen LogP contribution in [0.1, 0.15) is 88.2 Å². The summed E-state index contributed by atoms with van der Waals surface area (Å²) in [6, 6.07) is 8.39. The lowest BCUT2D eigenvalue weighted by atomic mass is 9.75. The molecule has 5 rings (SSSR count). The highest BCUT2D eigenvalue weighted by atomic mass is 19.3. The zero-order valence-corrected chi connectivity index (χ0v) is 25.8. The summed E-state index contributed by atoms with van der Waals surface area (Å²) in [6.07, 6.45) is 8.87. The average molecular weight is 649 g/mol. The van der Waals surface area contributed by atoms with Gasteiger partial charge in [-0.2, -0.15) is 8.78 Å². The van der Waals surface area contributed by atoms with Crippen LogP contribution in [0.5, 0.6) is 5.75 Å². The molecule has 0 amide bonds. The third-order valence-electron chi connectivity index (χ3n) is 9.36. The van der Waals surface area contributed by atoms with Gasteiger partial charge < -0.3 is 9.47 Å². The SMILES string of the molecule is CCCCCC1CCC(C2CCC(c3ccc(/C=C/C(F)(F)Oc4ccc(-c5cc(F)c(F)c(F)c5)c(F)c4)c(F)c3)CC2)OC1. The van der Waals surface area contributed by atoms with E-state index in [-0.39, 0.29) is 22.6 Å². The third-order valence-corrected chi connectivity index (χ3v) is 9.36. The van der Waals surface area contributed by atoms with Gasteiger partial charge in [0.25, 0.3) is 0 Å². The molecule has 2 fully saturated rings. The number of halogens is 7. The molecule has 0 bridgehead atoms. The van der Waals surface area contributed by atoms with Crippen molar-refractivity contribution in [3.05, 3.63) is 94.8 Å². The van der Waals surface area contributed by atoms with Crippen molar-refractivity contribution in [2.24, 2.45) is 11.8 Å². The van der Waals surface area contributed by atoms with E-state index >= 15 is 0 Å². The molecule has 9 heteroatoms. The molecule has 0 radical (unpaired) electrons. The van der Waals surface area contributed by atoms with Gasteiger partial charge in [-0.05, 0) is 110 Å². The van der Waals surface area contributed by atoms with Crippen LogP contribution >= 0.6 is 0 Å². The fourth-order valence-electron chi connectivity index (χ4n) is 6.75. The fraction of sp³-hybridized carbons (Fsp3) is 0.459. The molecular weight excluding hydrogens is 609 g/mol. The van der Waals surface area contributed by atoms with Gasteiger partial charge in [-0.1, -0.05) is 38.3 Å². The van der Waals surface area contributed by atoms with Gasteiger partial charge in [0.05, 0.1) is 6.10 Å². The van der Waals surface area contributed by atoms with E-state index in [0.29, 0.717) is 42.2 Å². The molecule has 2 atom stereocenters. The molecular formula is C37H39F7O2. The molecule has 0 spiro atoms. The summed E-state index contributed by atoms with van der Waals surface area (Å²) in [7, 11) is 0. The van der Waals surface area contributed by atoms with E-state index in [4.69, 9.17) is 4.74 Å². The van der Waals surface area contributed by atoms with Gasteiger partial charge in [-0.3, -0.25) is 0 Å². The lowest BCUT2D eigenvalue weighted by Gasteiger charge is -2.38. The van der Waals surface area contributed by atoms with Crippen LogP contribution in [0.15, 0.2) is 54.6 Å². The predicted molar refractivity (Wildman–Crippen MR) is 164 cm³/mol. The van der Waals surface area contributed by atoms with E-state index < -0.39 is 40.9 Å². The third kappa shape index (κ3) is 8.52. The standard InChI is InChI=1S/C37H39F7O2/c1-2-3-4-5-23-6-15-35(45-22-23)26-10-7-24(8-11-26)27-12-9-25(31(38)18-27)16-17-37(43,44)46-29-13-14-30(32(39)21-29)28-19-33(40)36(42)34(41)20-28/h9,12-14,16-21,23-24,26,35H,2-8,10-11,15,22H2,1H3/b17-16+. The Bertz CT molecular complexity index is 1480. The monoisotopic (exact) mass is 648 g/mol. The van der Waals surface area contributed by atoms with Crippen LogP contribution in [0.4, 0.5) is 30.7 Å². The molecule has 46 heavy (non-hydrogen) atoms. The molecule has 1 aliphatic carbocycles. The van der Waals surface area contributed by atoms with Crippen molar-refractivity contribution in [1.82, 2.24) is 0 Å². The maximum atomic E-state index is 15.0. The summed E-state index contributed by atoms with van der Waals surface area (Å²) in [6.45, 7) is 3.07. The molecule has 2 unspecified atom stereocenters. The minimum absolute atomic E-state index is 0.0494. The first kappa shape index (κ1) is 34.0. The maximum Gasteiger partial charge on any atom is 0.419 e. The number of ether oxygens (including phenoxy) is 2. The Morgan fingerprint density at radius 2 is 1.54 bits per heavy atom. The Morgan fingerprint density at radius 3 is 2.17 bits per heavy atom. The van der Waals surface area contributed by atoms with Crippen LogP contribution in [0.25, 0.3) is 17.2 Å². The van der Waals surface area contributed by atoms with Gasteiger partial charge in [0.15, 0.2) is 17.5 Å². The van der Waals surface area contributed by atoms with Gasteiger partial charge >= 0.3 is 6.11 Å². The molecule has 2 aliphatic rings. The van der Waals surface area contributed by atoms with Gasteiger partial charge in [0.1, 0.15) is 17.4 Å². The summed E-state index contributed by atoms with van der Waals surface area (Å²) in [4.78, 5) is 0. The Balaban J connectivity index is 1.14. The predicted octanol–water partition coefficient (Wildman–Crippen LogP) is 11.4. The van der Waals surface area contributed by atoms with E-state index in [1.807, 2.05) is 0 Å². The topological polar surface area (TPSA) is 18.5 Å². The Labute approximate surface area is 265 Å². The number of hydrogen-bond acceptors (Lipinski definition) is 2. The highest BCUT2D eigenvalue weighted by Crippen LogP contribution is 2.41. The summed E-state index contributed by atoms with van der Waals surface area (Å²) in [5.74, 6) is -5.69. The Hall–Kier alpha value is -3.33. The molecule has 0 aromatic heterocycles. The Kier molecular flexibility index (Phi) is 11.1. The molecule has 2 nitrogen and oxygen atoms in total. The lowest BCUT2D eigenvalue weighted by molar-refractivity contribution is -0.131. The maximum absolute atomic E-state index is 15.0. The van der Waals surface area contributed by atoms with E-state index in [2.05, 4.69) is 11.7 Å². The quantitative estimate of drug-likeness (QED) is 0.117. The zero-order valence-electron chi connectivity index (χ0n) is 25.8. The van der Waals surface area contributed by atoms with Crippen molar-refractivity contribution >= 4 is 6.08 Å².